The average Bonchev–Trinajstić information content (AvgIpc) is 3.50. The average molecular weight is 655 g/mol. The van der Waals surface area contributed by atoms with E-state index < -0.39 is 0 Å². The molecular formula is C49H38N2. The lowest BCUT2D eigenvalue weighted by Gasteiger charge is -2.23. The molecule has 0 N–H and O–H groups in total. The SMILES string of the molecule is CC(C)(C)c1cc2ccc3c(-c4ccc(-c5cccnc5)cc4)cc(-c4ccc5c(c4)c4ccccc4n5C4=CCCC=C4)c4ccc(c1)c2c34. The Kier molecular flexibility index (Phi) is 6.60. The van der Waals surface area contributed by atoms with Crippen LogP contribution in [0.25, 0.3) is 93.2 Å². The summed E-state index contributed by atoms with van der Waals surface area (Å²) in [7, 11) is 0. The van der Waals surface area contributed by atoms with Crippen molar-refractivity contribution in [1.29, 1.82) is 0 Å². The molecule has 0 radical (unpaired) electrons. The molecule has 1 aliphatic rings. The molecular weight excluding hydrogens is 617 g/mol. The molecule has 2 nitrogen and oxygen atoms in total. The van der Waals surface area contributed by atoms with E-state index in [0.29, 0.717) is 0 Å². The van der Waals surface area contributed by atoms with Gasteiger partial charge < -0.3 is 4.57 Å². The third-order valence-corrected chi connectivity index (χ3v) is 11.0. The second-order valence-electron chi connectivity index (χ2n) is 15.1. The molecule has 51 heavy (non-hydrogen) atoms. The van der Waals surface area contributed by atoms with Crippen molar-refractivity contribution in [2.45, 2.75) is 39.0 Å². The van der Waals surface area contributed by atoms with Crippen molar-refractivity contribution in [3.63, 3.8) is 0 Å². The number of fused-ring (bicyclic) bond motifs is 3. The number of benzene rings is 7. The molecule has 0 bridgehead atoms. The van der Waals surface area contributed by atoms with Crippen LogP contribution in [0.1, 0.15) is 39.2 Å². The zero-order valence-electron chi connectivity index (χ0n) is 29.2. The Morgan fingerprint density at radius 2 is 1.25 bits per heavy atom. The molecule has 7 aromatic carbocycles. The molecule has 0 saturated carbocycles. The number of hydrogen-bond donors (Lipinski definition) is 0. The Bertz CT molecular complexity index is 2840. The third-order valence-electron chi connectivity index (χ3n) is 11.0. The fourth-order valence-electron chi connectivity index (χ4n) is 8.39. The number of allylic oxidation sites excluding steroid dienone is 4. The van der Waals surface area contributed by atoms with Gasteiger partial charge in [0.05, 0.1) is 11.0 Å². The van der Waals surface area contributed by atoms with Crippen molar-refractivity contribution in [1.82, 2.24) is 9.55 Å². The first kappa shape index (κ1) is 29.9. The molecule has 2 heteroatoms. The predicted octanol–water partition coefficient (Wildman–Crippen LogP) is 13.6. The minimum Gasteiger partial charge on any atom is -0.310 e. The van der Waals surface area contributed by atoms with Gasteiger partial charge in [-0.05, 0) is 126 Å². The van der Waals surface area contributed by atoms with Gasteiger partial charge in [0.2, 0.25) is 0 Å². The van der Waals surface area contributed by atoms with E-state index in [4.69, 9.17) is 0 Å². The van der Waals surface area contributed by atoms with E-state index in [1.807, 2.05) is 18.5 Å². The lowest BCUT2D eigenvalue weighted by molar-refractivity contribution is 0.591. The molecule has 10 rings (SSSR count). The van der Waals surface area contributed by atoms with Crippen molar-refractivity contribution in [3.05, 3.63) is 158 Å². The number of hydrogen-bond acceptors (Lipinski definition) is 1. The maximum atomic E-state index is 4.36. The predicted molar refractivity (Wildman–Crippen MR) is 219 cm³/mol. The highest BCUT2D eigenvalue weighted by Crippen LogP contribution is 2.46. The fourth-order valence-corrected chi connectivity index (χ4v) is 8.39. The van der Waals surface area contributed by atoms with Gasteiger partial charge in [-0.2, -0.15) is 0 Å². The fraction of sp³-hybridized carbons (Fsp3) is 0.122. The van der Waals surface area contributed by atoms with E-state index in [-0.39, 0.29) is 5.41 Å². The Morgan fingerprint density at radius 1 is 0.549 bits per heavy atom. The number of rotatable bonds is 4. The first-order valence-electron chi connectivity index (χ1n) is 18.1. The molecule has 1 aliphatic carbocycles. The van der Waals surface area contributed by atoms with Gasteiger partial charge in [-0.15, -0.1) is 0 Å². The lowest BCUT2D eigenvalue weighted by Crippen LogP contribution is -2.10. The highest BCUT2D eigenvalue weighted by atomic mass is 15.0. The summed E-state index contributed by atoms with van der Waals surface area (Å²) in [5, 5.41) is 10.5. The van der Waals surface area contributed by atoms with Crippen molar-refractivity contribution >= 4 is 59.8 Å². The van der Waals surface area contributed by atoms with Crippen LogP contribution in [0.4, 0.5) is 0 Å². The minimum atomic E-state index is 0.0643. The zero-order chi connectivity index (χ0) is 34.3. The molecule has 0 aliphatic heterocycles. The van der Waals surface area contributed by atoms with Gasteiger partial charge in [-0.3, -0.25) is 4.98 Å². The highest BCUT2D eigenvalue weighted by molar-refractivity contribution is 6.28. The van der Waals surface area contributed by atoms with E-state index >= 15 is 0 Å². The molecule has 0 saturated heterocycles. The second-order valence-corrected chi connectivity index (χ2v) is 15.1. The van der Waals surface area contributed by atoms with Crippen molar-refractivity contribution < 1.29 is 0 Å². The van der Waals surface area contributed by atoms with Crippen molar-refractivity contribution in [2.75, 3.05) is 0 Å². The van der Waals surface area contributed by atoms with Crippen LogP contribution in [-0.4, -0.2) is 9.55 Å². The molecule has 0 amide bonds. The van der Waals surface area contributed by atoms with Crippen LogP contribution in [0.2, 0.25) is 0 Å². The van der Waals surface area contributed by atoms with Gasteiger partial charge in [0.1, 0.15) is 0 Å². The first-order chi connectivity index (χ1) is 24.9. The standard InChI is InChI=1S/C49H38N2/c1-49(2,3)37-26-34-19-22-40-42(32-17-15-31(16-18-32)36-10-9-25-50-30-36)29-43(41-23-20-35(27-37)47(34)48(40)41)33-21-24-46-44(28-33)39-13-7-8-14-45(39)51(46)38-11-5-4-6-12-38/h5,7-30H,4,6H2,1-3H3. The second kappa shape index (κ2) is 11.3. The first-order valence-corrected chi connectivity index (χ1v) is 18.1. The van der Waals surface area contributed by atoms with E-state index in [2.05, 4.69) is 164 Å². The summed E-state index contributed by atoms with van der Waals surface area (Å²) in [4.78, 5) is 4.36. The Labute approximate surface area is 298 Å². The summed E-state index contributed by atoms with van der Waals surface area (Å²) >= 11 is 0. The van der Waals surface area contributed by atoms with Gasteiger partial charge in [0, 0.05) is 28.9 Å². The van der Waals surface area contributed by atoms with Crippen molar-refractivity contribution in [3.8, 4) is 33.4 Å². The van der Waals surface area contributed by atoms with Crippen LogP contribution in [-0.2, 0) is 5.41 Å². The van der Waals surface area contributed by atoms with Gasteiger partial charge in [0.15, 0.2) is 0 Å². The summed E-state index contributed by atoms with van der Waals surface area (Å²) in [6.07, 6.45) is 12.9. The molecule has 9 aromatic rings. The van der Waals surface area contributed by atoms with Gasteiger partial charge >= 0.3 is 0 Å². The van der Waals surface area contributed by atoms with Crippen LogP contribution in [0.5, 0.6) is 0 Å². The maximum absolute atomic E-state index is 4.36. The zero-order valence-corrected chi connectivity index (χ0v) is 29.2. The molecule has 0 atom stereocenters. The monoisotopic (exact) mass is 654 g/mol. The normalized spacial score (nSPS) is 13.7. The van der Waals surface area contributed by atoms with Gasteiger partial charge in [0.25, 0.3) is 0 Å². The van der Waals surface area contributed by atoms with Gasteiger partial charge in [-0.25, -0.2) is 0 Å². The third kappa shape index (κ3) is 4.74. The van der Waals surface area contributed by atoms with Crippen LogP contribution in [0.3, 0.4) is 0 Å². The Hall–Kier alpha value is -5.99. The summed E-state index contributed by atoms with van der Waals surface area (Å²) in [6, 6.07) is 45.8. The number of para-hydroxylation sites is 1. The smallest absolute Gasteiger partial charge is 0.0541 e. The van der Waals surface area contributed by atoms with Crippen LogP contribution < -0.4 is 0 Å². The number of nitrogens with zero attached hydrogens (tertiary/aromatic N) is 2. The summed E-state index contributed by atoms with van der Waals surface area (Å²) in [5.41, 5.74) is 12.5. The minimum absolute atomic E-state index is 0.0643. The molecule has 0 spiro atoms. The summed E-state index contributed by atoms with van der Waals surface area (Å²) in [6.45, 7) is 6.92. The van der Waals surface area contributed by atoms with Crippen LogP contribution >= 0.6 is 0 Å². The summed E-state index contributed by atoms with van der Waals surface area (Å²) in [5.74, 6) is 0. The Morgan fingerprint density at radius 3 is 1.96 bits per heavy atom. The highest BCUT2D eigenvalue weighted by Gasteiger charge is 2.21. The molecule has 2 heterocycles. The number of aromatic nitrogens is 2. The van der Waals surface area contributed by atoms with E-state index in [0.717, 1.165) is 18.4 Å². The molecule has 2 aromatic heterocycles. The quantitative estimate of drug-likeness (QED) is 0.173. The molecule has 0 fully saturated rings. The Balaban J connectivity index is 1.25. The summed E-state index contributed by atoms with van der Waals surface area (Å²) < 4.78 is 2.44. The maximum Gasteiger partial charge on any atom is 0.0541 e. The van der Waals surface area contributed by atoms with Gasteiger partial charge in [-0.1, -0.05) is 124 Å². The molecule has 0 unspecified atom stereocenters. The lowest BCUT2D eigenvalue weighted by atomic mass is 9.81. The number of pyridine rings is 1. The van der Waals surface area contributed by atoms with Crippen LogP contribution in [0.15, 0.2) is 152 Å². The topological polar surface area (TPSA) is 17.8 Å². The largest absolute Gasteiger partial charge is 0.310 e. The molecule has 244 valence electrons. The van der Waals surface area contributed by atoms with E-state index in [1.54, 1.807) is 0 Å². The van der Waals surface area contributed by atoms with Crippen LogP contribution in [0, 0.1) is 0 Å². The van der Waals surface area contributed by atoms with E-state index in [1.165, 1.54) is 93.2 Å². The van der Waals surface area contributed by atoms with Crippen molar-refractivity contribution in [2.24, 2.45) is 0 Å². The van der Waals surface area contributed by atoms with E-state index in [9.17, 15) is 0 Å².